The van der Waals surface area contributed by atoms with Crippen molar-refractivity contribution in [1.82, 2.24) is 15.5 Å². The number of guanidine groups is 1. The normalized spacial score (nSPS) is 22.0. The van der Waals surface area contributed by atoms with E-state index in [4.69, 9.17) is 0 Å². The highest BCUT2D eigenvalue weighted by molar-refractivity contribution is 14.0. The lowest BCUT2D eigenvalue weighted by atomic mass is 9.92. The molecule has 0 aromatic carbocycles. The first kappa shape index (κ1) is 21.7. The van der Waals surface area contributed by atoms with Gasteiger partial charge in [0.05, 0.1) is 0 Å². The summed E-state index contributed by atoms with van der Waals surface area (Å²) in [6, 6.07) is 2.14. The third-order valence-electron chi connectivity index (χ3n) is 4.40. The molecule has 6 heteroatoms. The van der Waals surface area contributed by atoms with Crippen LogP contribution in [0.1, 0.15) is 38.7 Å². The summed E-state index contributed by atoms with van der Waals surface area (Å²) in [5, 5.41) is 11.0. The molecule has 1 aromatic rings. The van der Waals surface area contributed by atoms with E-state index in [1.807, 2.05) is 7.05 Å². The number of thiophene rings is 1. The fourth-order valence-corrected chi connectivity index (χ4v) is 4.11. The maximum atomic E-state index is 4.28. The van der Waals surface area contributed by atoms with Crippen molar-refractivity contribution in [2.24, 2.45) is 16.8 Å². The van der Waals surface area contributed by atoms with Gasteiger partial charge in [-0.3, -0.25) is 4.99 Å². The average Bonchev–Trinajstić information content (AvgIpc) is 3.02. The van der Waals surface area contributed by atoms with Crippen LogP contribution in [0.25, 0.3) is 0 Å². The molecule has 0 spiro atoms. The van der Waals surface area contributed by atoms with Crippen molar-refractivity contribution < 1.29 is 0 Å². The van der Waals surface area contributed by atoms with E-state index in [9.17, 15) is 0 Å². The number of likely N-dealkylation sites (tertiary alicyclic amines) is 1. The highest BCUT2D eigenvalue weighted by atomic mass is 127. The molecule has 0 amide bonds. The van der Waals surface area contributed by atoms with Gasteiger partial charge < -0.3 is 15.5 Å². The zero-order chi connectivity index (χ0) is 16.5. The van der Waals surface area contributed by atoms with Crippen molar-refractivity contribution in [3.8, 4) is 0 Å². The monoisotopic (exact) mass is 464 g/mol. The van der Waals surface area contributed by atoms with Gasteiger partial charge in [-0.15, -0.1) is 24.0 Å². The van der Waals surface area contributed by atoms with Crippen molar-refractivity contribution in [2.45, 2.75) is 39.7 Å². The number of nitrogens with zero attached hydrogens (tertiary/aromatic N) is 2. The Morgan fingerprint density at radius 2 is 2.00 bits per heavy atom. The second-order valence-corrected chi connectivity index (χ2v) is 7.68. The van der Waals surface area contributed by atoms with Crippen molar-refractivity contribution in [1.29, 1.82) is 0 Å². The van der Waals surface area contributed by atoms with Crippen molar-refractivity contribution >= 4 is 41.3 Å². The van der Waals surface area contributed by atoms with Gasteiger partial charge in [0, 0.05) is 33.2 Å². The topological polar surface area (TPSA) is 39.7 Å². The Morgan fingerprint density at radius 1 is 1.25 bits per heavy atom. The van der Waals surface area contributed by atoms with Crippen LogP contribution < -0.4 is 10.6 Å². The van der Waals surface area contributed by atoms with Gasteiger partial charge in [-0.25, -0.2) is 0 Å². The number of aliphatic imine (C=N–C) groups is 1. The van der Waals surface area contributed by atoms with Crippen LogP contribution in [0.3, 0.4) is 0 Å². The molecule has 2 unspecified atom stereocenters. The maximum Gasteiger partial charge on any atom is 0.191 e. The Hall–Kier alpha value is -0.340. The third-order valence-corrected chi connectivity index (χ3v) is 5.13. The number of piperidine rings is 1. The largest absolute Gasteiger partial charge is 0.356 e. The minimum absolute atomic E-state index is 0. The molecule has 4 nitrogen and oxygen atoms in total. The standard InChI is InChI=1S/C18H32N4S.HI/c1-15-10-16(2)13-22(12-15)8-5-4-7-20-18(19-3)21-11-17-6-9-23-14-17;/h6,9,14-16H,4-5,7-8,10-13H2,1-3H3,(H2,19,20,21);1H. The van der Waals surface area contributed by atoms with Crippen LogP contribution >= 0.6 is 35.3 Å². The molecule has 1 aliphatic heterocycles. The zero-order valence-corrected chi connectivity index (χ0v) is 18.4. The Balaban J connectivity index is 0.00000288. The highest BCUT2D eigenvalue weighted by Gasteiger charge is 2.20. The van der Waals surface area contributed by atoms with Crippen LogP contribution in [0.15, 0.2) is 21.8 Å². The Morgan fingerprint density at radius 3 is 2.62 bits per heavy atom. The molecule has 2 atom stereocenters. The molecule has 0 aliphatic carbocycles. The summed E-state index contributed by atoms with van der Waals surface area (Å²) in [5.74, 6) is 2.62. The van der Waals surface area contributed by atoms with Gasteiger partial charge in [0.1, 0.15) is 0 Å². The van der Waals surface area contributed by atoms with E-state index in [-0.39, 0.29) is 24.0 Å². The van der Waals surface area contributed by atoms with E-state index in [1.54, 1.807) is 11.3 Å². The Kier molecular flexibility index (Phi) is 10.9. The fourth-order valence-electron chi connectivity index (χ4n) is 3.44. The quantitative estimate of drug-likeness (QED) is 0.279. The second kappa shape index (κ2) is 12.1. The molecule has 0 saturated carbocycles. The van der Waals surface area contributed by atoms with Gasteiger partial charge >= 0.3 is 0 Å². The molecular weight excluding hydrogens is 431 g/mol. The first-order chi connectivity index (χ1) is 11.2. The zero-order valence-electron chi connectivity index (χ0n) is 15.3. The predicted molar refractivity (Wildman–Crippen MR) is 117 cm³/mol. The molecule has 0 bridgehead atoms. The van der Waals surface area contributed by atoms with Crippen LogP contribution in [0.2, 0.25) is 0 Å². The van der Waals surface area contributed by atoms with Crippen LogP contribution in [0.4, 0.5) is 0 Å². The van der Waals surface area contributed by atoms with E-state index >= 15 is 0 Å². The van der Waals surface area contributed by atoms with E-state index in [1.165, 1.54) is 44.5 Å². The van der Waals surface area contributed by atoms with E-state index in [0.29, 0.717) is 0 Å². The third kappa shape index (κ3) is 8.16. The molecule has 2 N–H and O–H groups in total. The second-order valence-electron chi connectivity index (χ2n) is 6.90. The molecular formula is C18H33IN4S. The molecule has 2 heterocycles. The number of unbranched alkanes of at least 4 members (excludes halogenated alkanes) is 1. The lowest BCUT2D eigenvalue weighted by Gasteiger charge is -2.34. The predicted octanol–water partition coefficient (Wildman–Crippen LogP) is 3.79. The van der Waals surface area contributed by atoms with Crippen molar-refractivity contribution in [2.75, 3.05) is 33.2 Å². The van der Waals surface area contributed by atoms with Crippen molar-refractivity contribution in [3.63, 3.8) is 0 Å². The van der Waals surface area contributed by atoms with Gasteiger partial charge in [-0.05, 0) is 60.0 Å². The number of hydrogen-bond donors (Lipinski definition) is 2. The highest BCUT2D eigenvalue weighted by Crippen LogP contribution is 2.20. The fraction of sp³-hybridized carbons (Fsp3) is 0.722. The van der Waals surface area contributed by atoms with Crippen LogP contribution in [0.5, 0.6) is 0 Å². The summed E-state index contributed by atoms with van der Waals surface area (Å²) >= 11 is 1.73. The number of hydrogen-bond acceptors (Lipinski definition) is 3. The minimum Gasteiger partial charge on any atom is -0.356 e. The van der Waals surface area contributed by atoms with E-state index in [0.717, 1.165) is 30.9 Å². The van der Waals surface area contributed by atoms with Gasteiger partial charge in [0.15, 0.2) is 5.96 Å². The Bertz CT molecular complexity index is 454. The van der Waals surface area contributed by atoms with E-state index < -0.39 is 0 Å². The summed E-state index contributed by atoms with van der Waals surface area (Å²) in [5.41, 5.74) is 1.31. The number of nitrogens with one attached hydrogen (secondary N) is 2. The number of halogens is 1. The molecule has 1 aliphatic rings. The van der Waals surface area contributed by atoms with Gasteiger partial charge in [-0.1, -0.05) is 13.8 Å². The molecule has 1 saturated heterocycles. The summed E-state index contributed by atoms with van der Waals surface area (Å²) in [7, 11) is 1.83. The minimum atomic E-state index is 0. The molecule has 1 fully saturated rings. The lowest BCUT2D eigenvalue weighted by Crippen LogP contribution is -2.40. The Labute approximate surface area is 168 Å². The maximum absolute atomic E-state index is 4.28. The molecule has 138 valence electrons. The van der Waals surface area contributed by atoms with E-state index in [2.05, 4.69) is 51.2 Å². The number of rotatable bonds is 7. The van der Waals surface area contributed by atoms with Crippen LogP contribution in [0, 0.1) is 11.8 Å². The van der Waals surface area contributed by atoms with Gasteiger partial charge in [0.25, 0.3) is 0 Å². The lowest BCUT2D eigenvalue weighted by molar-refractivity contribution is 0.139. The summed E-state index contributed by atoms with van der Waals surface area (Å²) in [6.07, 6.45) is 3.84. The molecule has 24 heavy (non-hydrogen) atoms. The molecule has 1 aromatic heterocycles. The summed E-state index contributed by atoms with van der Waals surface area (Å²) in [4.78, 5) is 6.92. The van der Waals surface area contributed by atoms with Crippen LogP contribution in [-0.4, -0.2) is 44.1 Å². The molecule has 0 radical (unpaired) electrons. The van der Waals surface area contributed by atoms with Crippen molar-refractivity contribution in [3.05, 3.63) is 22.4 Å². The SMILES string of the molecule is CN=C(NCCCCN1CC(C)CC(C)C1)NCc1ccsc1.I. The van der Waals surface area contributed by atoms with Gasteiger partial charge in [0.2, 0.25) is 0 Å². The first-order valence-corrected chi connectivity index (χ1v) is 9.79. The average molecular weight is 464 g/mol. The summed E-state index contributed by atoms with van der Waals surface area (Å²) in [6.45, 7) is 10.4. The summed E-state index contributed by atoms with van der Waals surface area (Å²) < 4.78 is 0. The smallest absolute Gasteiger partial charge is 0.191 e. The molecule has 2 rings (SSSR count). The first-order valence-electron chi connectivity index (χ1n) is 8.85. The van der Waals surface area contributed by atoms with Crippen LogP contribution in [-0.2, 0) is 6.54 Å². The van der Waals surface area contributed by atoms with Gasteiger partial charge in [-0.2, -0.15) is 11.3 Å².